The lowest BCUT2D eigenvalue weighted by atomic mass is 10.2. The summed E-state index contributed by atoms with van der Waals surface area (Å²) < 4.78 is 11.1. The molecule has 2 heterocycles. The van der Waals surface area contributed by atoms with Gasteiger partial charge in [0.1, 0.15) is 22.6 Å². The van der Waals surface area contributed by atoms with Crippen molar-refractivity contribution in [3.63, 3.8) is 0 Å². The number of hydrogen-bond acceptors (Lipinski definition) is 4. The number of amides is 1. The van der Waals surface area contributed by atoms with Crippen LogP contribution in [0.3, 0.4) is 0 Å². The largest absolute Gasteiger partial charge is 0.488 e. The quantitative estimate of drug-likeness (QED) is 0.787. The van der Waals surface area contributed by atoms with Gasteiger partial charge in [-0.15, -0.1) is 0 Å². The van der Waals surface area contributed by atoms with E-state index in [-0.39, 0.29) is 12.2 Å². The van der Waals surface area contributed by atoms with Gasteiger partial charge in [0, 0.05) is 25.2 Å². The molecule has 0 unspecified atom stereocenters. The van der Waals surface area contributed by atoms with Crippen molar-refractivity contribution in [2.24, 2.45) is 0 Å². The van der Waals surface area contributed by atoms with Crippen LogP contribution in [0.2, 0.25) is 5.15 Å². The molecule has 0 saturated carbocycles. The maximum atomic E-state index is 11.9. The van der Waals surface area contributed by atoms with Crippen LogP contribution in [0.4, 0.5) is 4.79 Å². The Balaban J connectivity index is 1.88. The Morgan fingerprint density at radius 1 is 1.50 bits per heavy atom. The van der Waals surface area contributed by atoms with Crippen LogP contribution in [0.25, 0.3) is 0 Å². The van der Waals surface area contributed by atoms with Crippen molar-refractivity contribution < 1.29 is 14.3 Å². The van der Waals surface area contributed by atoms with E-state index in [4.69, 9.17) is 21.1 Å². The molecule has 1 amide bonds. The van der Waals surface area contributed by atoms with E-state index in [1.54, 1.807) is 23.2 Å². The summed E-state index contributed by atoms with van der Waals surface area (Å²) in [5.74, 6) is 0.668. The van der Waals surface area contributed by atoms with Gasteiger partial charge in [-0.3, -0.25) is 0 Å². The Morgan fingerprint density at radius 3 is 2.90 bits per heavy atom. The van der Waals surface area contributed by atoms with Crippen molar-refractivity contribution >= 4 is 17.7 Å². The summed E-state index contributed by atoms with van der Waals surface area (Å²) in [4.78, 5) is 17.5. The number of carbonyl (C=O) groups is 1. The van der Waals surface area contributed by atoms with Crippen molar-refractivity contribution in [1.29, 1.82) is 0 Å². The van der Waals surface area contributed by atoms with E-state index in [0.717, 1.165) is 6.42 Å². The van der Waals surface area contributed by atoms with Gasteiger partial charge in [0.25, 0.3) is 0 Å². The monoisotopic (exact) mass is 298 g/mol. The topological polar surface area (TPSA) is 51.7 Å². The van der Waals surface area contributed by atoms with Gasteiger partial charge in [0.2, 0.25) is 0 Å². The maximum absolute atomic E-state index is 11.9. The predicted molar refractivity (Wildman–Crippen MR) is 76.1 cm³/mol. The van der Waals surface area contributed by atoms with Crippen molar-refractivity contribution in [3.8, 4) is 5.75 Å². The summed E-state index contributed by atoms with van der Waals surface area (Å²) in [5.41, 5.74) is -0.478. The first-order valence-corrected chi connectivity index (χ1v) is 6.97. The van der Waals surface area contributed by atoms with E-state index < -0.39 is 5.60 Å². The molecule has 110 valence electrons. The third kappa shape index (κ3) is 4.27. The van der Waals surface area contributed by atoms with Gasteiger partial charge in [0.15, 0.2) is 0 Å². The SMILES string of the molecule is CC(C)(C)OC(=O)N1CC[C@@H](Oc2ccnc(Cl)c2)C1. The Kier molecular flexibility index (Phi) is 4.38. The van der Waals surface area contributed by atoms with E-state index in [1.165, 1.54) is 0 Å². The summed E-state index contributed by atoms with van der Waals surface area (Å²) in [6.45, 7) is 6.73. The lowest BCUT2D eigenvalue weighted by molar-refractivity contribution is 0.0275. The number of nitrogens with zero attached hydrogens (tertiary/aromatic N) is 2. The molecule has 1 atom stereocenters. The molecule has 0 bridgehead atoms. The standard InChI is InChI=1S/C14H19ClN2O3/c1-14(2,3)20-13(18)17-7-5-11(9-17)19-10-4-6-16-12(15)8-10/h4,6,8,11H,5,7,9H2,1-3H3/t11-/m1/s1. The number of hydrogen-bond donors (Lipinski definition) is 0. The minimum atomic E-state index is -0.478. The number of likely N-dealkylation sites (tertiary alicyclic amines) is 1. The number of ether oxygens (including phenoxy) is 2. The zero-order valence-electron chi connectivity index (χ0n) is 11.9. The zero-order chi connectivity index (χ0) is 14.8. The van der Waals surface area contributed by atoms with E-state index in [1.807, 2.05) is 20.8 Å². The van der Waals surface area contributed by atoms with Crippen LogP contribution < -0.4 is 4.74 Å². The first-order chi connectivity index (χ1) is 9.33. The molecular weight excluding hydrogens is 280 g/mol. The van der Waals surface area contributed by atoms with Gasteiger partial charge in [-0.25, -0.2) is 9.78 Å². The highest BCUT2D eigenvalue weighted by atomic mass is 35.5. The van der Waals surface area contributed by atoms with Crippen molar-refractivity contribution in [1.82, 2.24) is 9.88 Å². The molecule has 0 spiro atoms. The fourth-order valence-corrected chi connectivity index (χ4v) is 2.13. The third-order valence-corrected chi connectivity index (χ3v) is 3.00. The highest BCUT2D eigenvalue weighted by Gasteiger charge is 2.30. The molecule has 1 aliphatic rings. The Labute approximate surface area is 123 Å². The zero-order valence-corrected chi connectivity index (χ0v) is 12.7. The van der Waals surface area contributed by atoms with Gasteiger partial charge >= 0.3 is 6.09 Å². The molecule has 5 nitrogen and oxygen atoms in total. The number of pyridine rings is 1. The highest BCUT2D eigenvalue weighted by molar-refractivity contribution is 6.29. The molecule has 6 heteroatoms. The predicted octanol–water partition coefficient (Wildman–Crippen LogP) is 3.12. The maximum Gasteiger partial charge on any atom is 0.410 e. The van der Waals surface area contributed by atoms with Crippen LogP contribution >= 0.6 is 11.6 Å². The van der Waals surface area contributed by atoms with Crippen molar-refractivity contribution in [3.05, 3.63) is 23.5 Å². The minimum absolute atomic E-state index is 0.0408. The lowest BCUT2D eigenvalue weighted by Crippen LogP contribution is -2.36. The average molecular weight is 299 g/mol. The molecule has 1 aromatic rings. The number of carbonyl (C=O) groups excluding carboxylic acids is 1. The van der Waals surface area contributed by atoms with Crippen molar-refractivity contribution in [2.75, 3.05) is 13.1 Å². The Bertz CT molecular complexity index is 488. The molecule has 1 aromatic heterocycles. The first kappa shape index (κ1) is 14.9. The normalized spacial score (nSPS) is 19.0. The second kappa shape index (κ2) is 5.87. The van der Waals surface area contributed by atoms with Gasteiger partial charge in [-0.05, 0) is 26.8 Å². The van der Waals surface area contributed by atoms with Gasteiger partial charge in [-0.1, -0.05) is 11.6 Å². The molecule has 20 heavy (non-hydrogen) atoms. The van der Waals surface area contributed by atoms with Crippen LogP contribution in [0, 0.1) is 0 Å². The minimum Gasteiger partial charge on any atom is -0.488 e. The van der Waals surface area contributed by atoms with E-state index >= 15 is 0 Å². The summed E-state index contributed by atoms with van der Waals surface area (Å²) in [7, 11) is 0. The fourth-order valence-electron chi connectivity index (χ4n) is 1.97. The highest BCUT2D eigenvalue weighted by Crippen LogP contribution is 2.21. The van der Waals surface area contributed by atoms with E-state index in [2.05, 4.69) is 4.98 Å². The van der Waals surface area contributed by atoms with Gasteiger partial charge in [0.05, 0.1) is 6.54 Å². The van der Waals surface area contributed by atoms with Crippen LogP contribution in [0.5, 0.6) is 5.75 Å². The Hall–Kier alpha value is -1.49. The molecule has 2 rings (SSSR count). The molecule has 1 saturated heterocycles. The van der Waals surface area contributed by atoms with Crippen LogP contribution in [-0.4, -0.2) is 40.8 Å². The van der Waals surface area contributed by atoms with E-state index in [0.29, 0.717) is 24.0 Å². The van der Waals surface area contributed by atoms with E-state index in [9.17, 15) is 4.79 Å². The smallest absolute Gasteiger partial charge is 0.410 e. The number of aromatic nitrogens is 1. The molecule has 1 aliphatic heterocycles. The fraction of sp³-hybridized carbons (Fsp3) is 0.571. The number of rotatable bonds is 2. The molecule has 0 aromatic carbocycles. The van der Waals surface area contributed by atoms with Crippen LogP contribution in [-0.2, 0) is 4.74 Å². The van der Waals surface area contributed by atoms with Gasteiger partial charge < -0.3 is 14.4 Å². The van der Waals surface area contributed by atoms with Crippen LogP contribution in [0.15, 0.2) is 18.3 Å². The summed E-state index contributed by atoms with van der Waals surface area (Å²) in [6, 6.07) is 3.42. The second-order valence-corrected chi connectivity index (χ2v) is 6.16. The summed E-state index contributed by atoms with van der Waals surface area (Å²) in [6.07, 6.45) is 2.04. The van der Waals surface area contributed by atoms with Gasteiger partial charge in [-0.2, -0.15) is 0 Å². The molecule has 1 fully saturated rings. The molecular formula is C14H19ClN2O3. The molecule has 0 N–H and O–H groups in total. The van der Waals surface area contributed by atoms with Crippen LogP contribution in [0.1, 0.15) is 27.2 Å². The summed E-state index contributed by atoms with van der Waals surface area (Å²) in [5, 5.41) is 0.393. The third-order valence-electron chi connectivity index (χ3n) is 2.80. The first-order valence-electron chi connectivity index (χ1n) is 6.59. The Morgan fingerprint density at radius 2 is 2.25 bits per heavy atom. The van der Waals surface area contributed by atoms with Crippen molar-refractivity contribution in [2.45, 2.75) is 38.9 Å². The number of halogens is 1. The second-order valence-electron chi connectivity index (χ2n) is 5.77. The lowest BCUT2D eigenvalue weighted by Gasteiger charge is -2.24. The summed E-state index contributed by atoms with van der Waals surface area (Å²) >= 11 is 5.81. The molecule has 0 radical (unpaired) electrons. The molecule has 0 aliphatic carbocycles. The average Bonchev–Trinajstić information content (AvgIpc) is 2.75.